The van der Waals surface area contributed by atoms with Crippen LogP contribution in [0.3, 0.4) is 0 Å². The van der Waals surface area contributed by atoms with E-state index >= 15 is 0 Å². The third-order valence-corrected chi connectivity index (χ3v) is 5.15. The van der Waals surface area contributed by atoms with Crippen molar-refractivity contribution in [3.8, 4) is 11.3 Å². The number of nitrogens with zero attached hydrogens (tertiary/aromatic N) is 1. The van der Waals surface area contributed by atoms with Crippen molar-refractivity contribution >= 4 is 17.2 Å². The molecule has 2 N–H and O–H groups in total. The Hall–Kier alpha value is -1.72. The minimum absolute atomic E-state index is 0.0442. The lowest BCUT2D eigenvalue weighted by molar-refractivity contribution is -0.126. The summed E-state index contributed by atoms with van der Waals surface area (Å²) in [5.74, 6) is 0.148. The van der Waals surface area contributed by atoms with Crippen LogP contribution in [0.4, 0.5) is 0 Å². The van der Waals surface area contributed by atoms with E-state index in [4.69, 9.17) is 0 Å². The summed E-state index contributed by atoms with van der Waals surface area (Å²) < 4.78 is 0. The molecule has 0 bridgehead atoms. The average molecular weight is 330 g/mol. The van der Waals surface area contributed by atoms with Gasteiger partial charge in [-0.2, -0.15) is 0 Å². The predicted molar refractivity (Wildman–Crippen MR) is 92.1 cm³/mol. The molecular formula is C18H22N2O2S. The summed E-state index contributed by atoms with van der Waals surface area (Å²) >= 11 is 1.64. The number of nitrogens with one attached hydrogen (secondary N) is 1. The Balaban J connectivity index is 1.59. The molecule has 0 atom stereocenters. The zero-order valence-corrected chi connectivity index (χ0v) is 14.1. The van der Waals surface area contributed by atoms with Crippen LogP contribution in [0.2, 0.25) is 0 Å². The van der Waals surface area contributed by atoms with Gasteiger partial charge in [0.25, 0.3) is 0 Å². The molecule has 0 unspecified atom stereocenters. The van der Waals surface area contributed by atoms with Crippen molar-refractivity contribution < 1.29 is 9.90 Å². The summed E-state index contributed by atoms with van der Waals surface area (Å²) in [5, 5.41) is 15.7. The van der Waals surface area contributed by atoms with E-state index in [1.807, 2.05) is 25.1 Å². The number of amides is 1. The molecule has 1 heterocycles. The number of aryl methyl sites for hydroxylation is 1. The fourth-order valence-electron chi connectivity index (χ4n) is 3.01. The van der Waals surface area contributed by atoms with E-state index in [0.717, 1.165) is 47.5 Å². The van der Waals surface area contributed by atoms with Crippen LogP contribution in [-0.2, 0) is 11.3 Å². The summed E-state index contributed by atoms with van der Waals surface area (Å²) in [6.45, 7) is 2.54. The first-order valence-electron chi connectivity index (χ1n) is 8.09. The van der Waals surface area contributed by atoms with Crippen molar-refractivity contribution in [2.24, 2.45) is 5.92 Å². The molecule has 1 fully saturated rings. The van der Waals surface area contributed by atoms with Crippen molar-refractivity contribution in [3.63, 3.8) is 0 Å². The molecule has 23 heavy (non-hydrogen) atoms. The number of carbonyl (C=O) groups is 1. The van der Waals surface area contributed by atoms with Gasteiger partial charge in [0, 0.05) is 23.4 Å². The zero-order chi connectivity index (χ0) is 16.2. The first kappa shape index (κ1) is 16.1. The van der Waals surface area contributed by atoms with Crippen molar-refractivity contribution in [2.75, 3.05) is 0 Å². The third-order valence-electron chi connectivity index (χ3n) is 4.38. The molecule has 1 saturated carbocycles. The molecule has 1 amide bonds. The van der Waals surface area contributed by atoms with Gasteiger partial charge in [-0.3, -0.25) is 4.79 Å². The molecule has 1 aromatic carbocycles. The maximum Gasteiger partial charge on any atom is 0.223 e. The summed E-state index contributed by atoms with van der Waals surface area (Å²) in [7, 11) is 0. The van der Waals surface area contributed by atoms with E-state index in [2.05, 4.69) is 21.7 Å². The number of hydrogen-bond acceptors (Lipinski definition) is 4. The summed E-state index contributed by atoms with van der Waals surface area (Å²) in [5.41, 5.74) is 3.15. The number of rotatable bonds is 4. The standard InChI is InChI=1S/C18H22N2O2S/c1-12-20-17(11-23-12)15-4-2-3-13(9-15)10-19-18(22)14-5-7-16(21)8-6-14/h2-4,9,11,14,16,21H,5-8,10H2,1H3,(H,19,22). The smallest absolute Gasteiger partial charge is 0.223 e. The van der Waals surface area contributed by atoms with Crippen LogP contribution >= 0.6 is 11.3 Å². The SMILES string of the molecule is Cc1nc(-c2cccc(CNC(=O)C3CCC(O)CC3)c2)cs1. The van der Waals surface area contributed by atoms with Crippen LogP contribution < -0.4 is 5.32 Å². The molecule has 2 aromatic rings. The largest absolute Gasteiger partial charge is 0.393 e. The third kappa shape index (κ3) is 4.18. The minimum Gasteiger partial charge on any atom is -0.393 e. The Bertz CT molecular complexity index is 675. The van der Waals surface area contributed by atoms with Crippen LogP contribution in [-0.4, -0.2) is 22.1 Å². The number of thiazole rings is 1. The van der Waals surface area contributed by atoms with Crippen LogP contribution in [0, 0.1) is 12.8 Å². The summed E-state index contributed by atoms with van der Waals surface area (Å²) in [6.07, 6.45) is 2.81. The van der Waals surface area contributed by atoms with Crippen molar-refractivity contribution in [1.29, 1.82) is 0 Å². The maximum atomic E-state index is 12.2. The van der Waals surface area contributed by atoms with Crippen LogP contribution in [0.5, 0.6) is 0 Å². The highest BCUT2D eigenvalue weighted by Crippen LogP contribution is 2.25. The second kappa shape index (κ2) is 7.23. The number of aliphatic hydroxyl groups is 1. The number of aromatic nitrogens is 1. The molecule has 1 aliphatic carbocycles. The molecule has 0 radical (unpaired) electrons. The number of hydrogen-bond donors (Lipinski definition) is 2. The van der Waals surface area contributed by atoms with E-state index in [9.17, 15) is 9.90 Å². The lowest BCUT2D eigenvalue weighted by atomic mass is 9.87. The Kier molecular flexibility index (Phi) is 5.08. The van der Waals surface area contributed by atoms with E-state index in [-0.39, 0.29) is 17.9 Å². The zero-order valence-electron chi connectivity index (χ0n) is 13.3. The Morgan fingerprint density at radius 1 is 1.35 bits per heavy atom. The molecule has 4 nitrogen and oxygen atoms in total. The van der Waals surface area contributed by atoms with Gasteiger partial charge in [0.05, 0.1) is 16.8 Å². The average Bonchev–Trinajstić information content (AvgIpc) is 3.00. The summed E-state index contributed by atoms with van der Waals surface area (Å²) in [6, 6.07) is 8.15. The second-order valence-corrected chi connectivity index (χ2v) is 7.24. The quantitative estimate of drug-likeness (QED) is 0.904. The molecule has 0 saturated heterocycles. The number of carbonyl (C=O) groups excluding carboxylic acids is 1. The monoisotopic (exact) mass is 330 g/mol. The van der Waals surface area contributed by atoms with Gasteiger partial charge in [-0.25, -0.2) is 4.98 Å². The molecule has 5 heteroatoms. The lowest BCUT2D eigenvalue weighted by Gasteiger charge is -2.24. The highest BCUT2D eigenvalue weighted by atomic mass is 32.1. The molecule has 122 valence electrons. The van der Waals surface area contributed by atoms with Crippen LogP contribution in [0.1, 0.15) is 36.3 Å². The molecule has 0 aliphatic heterocycles. The molecule has 1 aromatic heterocycles. The Morgan fingerprint density at radius 3 is 2.83 bits per heavy atom. The van der Waals surface area contributed by atoms with E-state index < -0.39 is 0 Å². The van der Waals surface area contributed by atoms with Crippen LogP contribution in [0.15, 0.2) is 29.6 Å². The van der Waals surface area contributed by atoms with Crippen molar-refractivity contribution in [3.05, 3.63) is 40.2 Å². The number of benzene rings is 1. The first-order valence-corrected chi connectivity index (χ1v) is 8.97. The van der Waals surface area contributed by atoms with Gasteiger partial charge in [0.15, 0.2) is 0 Å². The number of aliphatic hydroxyl groups excluding tert-OH is 1. The van der Waals surface area contributed by atoms with E-state index in [1.54, 1.807) is 11.3 Å². The van der Waals surface area contributed by atoms with Crippen molar-refractivity contribution in [2.45, 2.75) is 45.3 Å². The van der Waals surface area contributed by atoms with Gasteiger partial charge in [-0.15, -0.1) is 11.3 Å². The van der Waals surface area contributed by atoms with Gasteiger partial charge >= 0.3 is 0 Å². The van der Waals surface area contributed by atoms with Gasteiger partial charge in [0.2, 0.25) is 5.91 Å². The highest BCUT2D eigenvalue weighted by molar-refractivity contribution is 7.09. The van der Waals surface area contributed by atoms with E-state index in [1.165, 1.54) is 0 Å². The van der Waals surface area contributed by atoms with Gasteiger partial charge < -0.3 is 10.4 Å². The minimum atomic E-state index is -0.225. The molecule has 1 aliphatic rings. The summed E-state index contributed by atoms with van der Waals surface area (Å²) in [4.78, 5) is 16.7. The molecule has 3 rings (SSSR count). The Labute approximate surface area is 140 Å². The fourth-order valence-corrected chi connectivity index (χ4v) is 3.63. The molecular weight excluding hydrogens is 308 g/mol. The molecule has 0 spiro atoms. The normalized spacial score (nSPS) is 21.1. The fraction of sp³-hybridized carbons (Fsp3) is 0.444. The first-order chi connectivity index (χ1) is 11.1. The van der Waals surface area contributed by atoms with Gasteiger partial charge in [-0.05, 0) is 44.2 Å². The van der Waals surface area contributed by atoms with E-state index in [0.29, 0.717) is 6.54 Å². The Morgan fingerprint density at radius 2 is 2.13 bits per heavy atom. The highest BCUT2D eigenvalue weighted by Gasteiger charge is 2.24. The predicted octanol–water partition coefficient (Wildman–Crippen LogP) is 3.29. The maximum absolute atomic E-state index is 12.2. The van der Waals surface area contributed by atoms with Gasteiger partial charge in [-0.1, -0.05) is 18.2 Å². The lowest BCUT2D eigenvalue weighted by Crippen LogP contribution is -2.33. The topological polar surface area (TPSA) is 62.2 Å². The van der Waals surface area contributed by atoms with Crippen molar-refractivity contribution in [1.82, 2.24) is 10.3 Å². The van der Waals surface area contributed by atoms with Crippen LogP contribution in [0.25, 0.3) is 11.3 Å². The van der Waals surface area contributed by atoms with Gasteiger partial charge in [0.1, 0.15) is 0 Å². The second-order valence-electron chi connectivity index (χ2n) is 6.18.